The molecule has 0 bridgehead atoms. The molecule has 2 fully saturated rings. The molecule has 0 aromatic carbocycles. The summed E-state index contributed by atoms with van der Waals surface area (Å²) in [6.45, 7) is 2.26. The van der Waals surface area contributed by atoms with Crippen LogP contribution in [0.15, 0.2) is 0 Å². The van der Waals surface area contributed by atoms with Crippen LogP contribution in [-0.4, -0.2) is 0 Å². The Morgan fingerprint density at radius 3 is 2.36 bits per heavy atom. The van der Waals surface area contributed by atoms with Crippen LogP contribution in [0.25, 0.3) is 0 Å². The van der Waals surface area contributed by atoms with Crippen molar-refractivity contribution in [1.82, 2.24) is 0 Å². The third kappa shape index (κ3) is 1.11. The van der Waals surface area contributed by atoms with Crippen LogP contribution in [0.4, 0.5) is 0 Å². The molecule has 0 saturated heterocycles. The number of hydrogen-bond donors (Lipinski definition) is 0. The first-order valence-electron chi connectivity index (χ1n) is 5.17. The maximum absolute atomic E-state index is 2.47. The third-order valence-corrected chi connectivity index (χ3v) is 3.98. The molecule has 11 heavy (non-hydrogen) atoms. The van der Waals surface area contributed by atoms with E-state index in [-0.39, 0.29) is 0 Å². The first-order chi connectivity index (χ1) is 5.37. The minimum absolute atomic E-state index is 0.800. The standard InChI is InChI=1S/C11H19/c1-2-10-6-5-9-11(10)7-3-4-8-11/h2,10H,3-9H2,1H3. The Balaban J connectivity index is 2.09. The van der Waals surface area contributed by atoms with Crippen LogP contribution < -0.4 is 0 Å². The van der Waals surface area contributed by atoms with Crippen LogP contribution in [0.1, 0.15) is 51.9 Å². The second-order valence-electron chi connectivity index (χ2n) is 4.40. The monoisotopic (exact) mass is 151 g/mol. The van der Waals surface area contributed by atoms with Crippen molar-refractivity contribution in [1.29, 1.82) is 0 Å². The van der Waals surface area contributed by atoms with Gasteiger partial charge in [-0.2, -0.15) is 0 Å². The Labute approximate surface area is 70.4 Å². The molecule has 0 nitrogen and oxygen atoms in total. The molecule has 0 aliphatic heterocycles. The first-order valence-corrected chi connectivity index (χ1v) is 5.17. The van der Waals surface area contributed by atoms with Crippen molar-refractivity contribution < 1.29 is 0 Å². The summed E-state index contributed by atoms with van der Waals surface area (Å²) < 4.78 is 0. The van der Waals surface area contributed by atoms with Gasteiger partial charge in [0.05, 0.1) is 0 Å². The third-order valence-electron chi connectivity index (χ3n) is 3.98. The smallest absolute Gasteiger partial charge is 0.0267 e. The second-order valence-corrected chi connectivity index (χ2v) is 4.40. The largest absolute Gasteiger partial charge is 0.0620 e. The van der Waals surface area contributed by atoms with Crippen molar-refractivity contribution in [2.24, 2.45) is 11.3 Å². The van der Waals surface area contributed by atoms with E-state index < -0.39 is 0 Å². The van der Waals surface area contributed by atoms with Gasteiger partial charge in [-0.1, -0.05) is 26.2 Å². The topological polar surface area (TPSA) is 0 Å². The van der Waals surface area contributed by atoms with Crippen LogP contribution in [0, 0.1) is 17.8 Å². The Morgan fingerprint density at radius 1 is 1.09 bits per heavy atom. The summed E-state index contributed by atoms with van der Waals surface area (Å²) in [4.78, 5) is 0. The molecule has 63 valence electrons. The van der Waals surface area contributed by atoms with Crippen molar-refractivity contribution >= 4 is 0 Å². The van der Waals surface area contributed by atoms with Crippen molar-refractivity contribution in [3.63, 3.8) is 0 Å². The average molecular weight is 151 g/mol. The summed E-state index contributed by atoms with van der Waals surface area (Å²) in [5.74, 6) is 0.977. The molecule has 1 unspecified atom stereocenters. The molecule has 1 spiro atoms. The quantitative estimate of drug-likeness (QED) is 0.537. The van der Waals surface area contributed by atoms with Crippen LogP contribution in [0.2, 0.25) is 0 Å². The van der Waals surface area contributed by atoms with E-state index in [1.807, 2.05) is 0 Å². The first kappa shape index (κ1) is 7.64. The fourth-order valence-electron chi connectivity index (χ4n) is 3.39. The molecule has 0 aromatic heterocycles. The van der Waals surface area contributed by atoms with E-state index in [2.05, 4.69) is 13.3 Å². The summed E-state index contributed by atoms with van der Waals surface area (Å²) in [5, 5.41) is 0. The maximum atomic E-state index is 2.47. The highest BCUT2D eigenvalue weighted by molar-refractivity contribution is 4.99. The summed E-state index contributed by atoms with van der Waals surface area (Å²) in [5.41, 5.74) is 0.800. The van der Waals surface area contributed by atoms with Gasteiger partial charge in [-0.05, 0) is 43.4 Å². The molecule has 0 heteroatoms. The Kier molecular flexibility index (Phi) is 1.95. The minimum atomic E-state index is 0.800. The summed E-state index contributed by atoms with van der Waals surface area (Å²) in [6.07, 6.45) is 13.0. The van der Waals surface area contributed by atoms with Gasteiger partial charge in [0.2, 0.25) is 0 Å². The molecule has 2 aliphatic carbocycles. The van der Waals surface area contributed by atoms with E-state index in [0.717, 1.165) is 11.3 Å². The van der Waals surface area contributed by atoms with Gasteiger partial charge in [0.15, 0.2) is 0 Å². The Bertz CT molecular complexity index is 125. The zero-order valence-corrected chi connectivity index (χ0v) is 7.60. The van der Waals surface area contributed by atoms with Gasteiger partial charge in [0.1, 0.15) is 0 Å². The van der Waals surface area contributed by atoms with Gasteiger partial charge >= 0.3 is 0 Å². The van der Waals surface area contributed by atoms with E-state index in [1.54, 1.807) is 0 Å². The molecule has 2 aliphatic rings. The molecule has 0 aromatic rings. The maximum Gasteiger partial charge on any atom is -0.0267 e. The van der Waals surface area contributed by atoms with Crippen LogP contribution >= 0.6 is 0 Å². The van der Waals surface area contributed by atoms with Gasteiger partial charge in [-0.15, -0.1) is 0 Å². The van der Waals surface area contributed by atoms with Crippen molar-refractivity contribution in [2.75, 3.05) is 0 Å². The number of rotatable bonds is 1. The fourth-order valence-corrected chi connectivity index (χ4v) is 3.39. The highest BCUT2D eigenvalue weighted by atomic mass is 14.5. The van der Waals surface area contributed by atoms with E-state index in [1.165, 1.54) is 44.9 Å². The predicted molar refractivity (Wildman–Crippen MR) is 48.2 cm³/mol. The van der Waals surface area contributed by atoms with Crippen LogP contribution in [0.3, 0.4) is 0 Å². The van der Waals surface area contributed by atoms with Gasteiger partial charge in [0, 0.05) is 0 Å². The highest BCUT2D eigenvalue weighted by Crippen LogP contribution is 2.54. The van der Waals surface area contributed by atoms with E-state index >= 15 is 0 Å². The van der Waals surface area contributed by atoms with Crippen LogP contribution in [0.5, 0.6) is 0 Å². The van der Waals surface area contributed by atoms with Gasteiger partial charge < -0.3 is 0 Å². The van der Waals surface area contributed by atoms with Gasteiger partial charge in [-0.3, -0.25) is 0 Å². The Morgan fingerprint density at radius 2 is 1.73 bits per heavy atom. The second kappa shape index (κ2) is 2.80. The zero-order chi connectivity index (χ0) is 7.73. The molecule has 1 radical (unpaired) electrons. The van der Waals surface area contributed by atoms with E-state index in [4.69, 9.17) is 0 Å². The highest BCUT2D eigenvalue weighted by Gasteiger charge is 2.43. The molecular weight excluding hydrogens is 132 g/mol. The molecule has 0 heterocycles. The predicted octanol–water partition coefficient (Wildman–Crippen LogP) is 3.57. The van der Waals surface area contributed by atoms with Crippen molar-refractivity contribution in [3.05, 3.63) is 6.42 Å². The van der Waals surface area contributed by atoms with Gasteiger partial charge in [-0.25, -0.2) is 0 Å². The Hall–Kier alpha value is 0. The van der Waals surface area contributed by atoms with Gasteiger partial charge in [0.25, 0.3) is 0 Å². The lowest BCUT2D eigenvalue weighted by Crippen LogP contribution is -2.21. The normalized spacial score (nSPS) is 35.2. The van der Waals surface area contributed by atoms with E-state index in [0.29, 0.717) is 0 Å². The number of hydrogen-bond acceptors (Lipinski definition) is 0. The van der Waals surface area contributed by atoms with Crippen molar-refractivity contribution in [2.45, 2.75) is 51.9 Å². The summed E-state index contributed by atoms with van der Waals surface area (Å²) >= 11 is 0. The summed E-state index contributed by atoms with van der Waals surface area (Å²) in [6, 6.07) is 0. The lowest BCUT2D eigenvalue weighted by atomic mass is 9.75. The molecule has 1 atom stereocenters. The lowest BCUT2D eigenvalue weighted by Gasteiger charge is -2.30. The lowest BCUT2D eigenvalue weighted by molar-refractivity contribution is 0.234. The van der Waals surface area contributed by atoms with E-state index in [9.17, 15) is 0 Å². The molecule has 2 rings (SSSR count). The van der Waals surface area contributed by atoms with Crippen LogP contribution in [-0.2, 0) is 0 Å². The SMILES string of the molecule is C[CH]C1CCCC12CCCC2. The molecular formula is C11H19. The average Bonchev–Trinajstić information content (AvgIpc) is 2.62. The molecule has 0 N–H and O–H groups in total. The minimum Gasteiger partial charge on any atom is -0.0620 e. The molecule has 2 saturated carbocycles. The zero-order valence-electron chi connectivity index (χ0n) is 7.60. The fraction of sp³-hybridized carbons (Fsp3) is 0.909. The summed E-state index contributed by atoms with van der Waals surface area (Å²) in [7, 11) is 0. The molecule has 0 amide bonds. The van der Waals surface area contributed by atoms with Crippen molar-refractivity contribution in [3.8, 4) is 0 Å².